The summed E-state index contributed by atoms with van der Waals surface area (Å²) in [4.78, 5) is 0. The quantitative estimate of drug-likeness (QED) is 0.123. The number of para-hydroxylation sites is 5. The summed E-state index contributed by atoms with van der Waals surface area (Å²) in [7, 11) is -3.13. The lowest BCUT2D eigenvalue weighted by atomic mass is 10.0. The Morgan fingerprint density at radius 3 is 1.40 bits per heavy atom. The molecule has 14 rings (SSSR count). The largest absolute Gasteiger partial charge is 0.456 e. The van der Waals surface area contributed by atoms with Crippen LogP contribution in [0.3, 0.4) is 0 Å². The van der Waals surface area contributed by atoms with Crippen LogP contribution < -0.4 is 20.7 Å². The van der Waals surface area contributed by atoms with Gasteiger partial charge in [-0.25, -0.2) is 0 Å². The van der Waals surface area contributed by atoms with E-state index in [2.05, 4.69) is 200 Å². The van der Waals surface area contributed by atoms with Crippen LogP contribution >= 0.6 is 11.3 Å². The van der Waals surface area contributed by atoms with Gasteiger partial charge in [-0.2, -0.15) is 0 Å². The SMILES string of the molecule is c1ccc([Si](c2ccccc2)(c2cccc3c2oc2ccc(-c4cccc5c4oc4ccccc45)cc23)c2cccc3c2sc2ccc(-c4cccc5c4oc4ccccc45)cc23)cc1. The average molecular weight is 865 g/mol. The fourth-order valence-corrected chi connectivity index (χ4v) is 17.4. The summed E-state index contributed by atoms with van der Waals surface area (Å²) in [5.41, 5.74) is 9.82. The van der Waals surface area contributed by atoms with Crippen LogP contribution in [0.1, 0.15) is 0 Å². The zero-order valence-corrected chi connectivity index (χ0v) is 36.7. The molecule has 0 aliphatic rings. The highest BCUT2D eigenvalue weighted by atomic mass is 32.1. The van der Waals surface area contributed by atoms with Gasteiger partial charge in [0.1, 0.15) is 33.5 Å². The summed E-state index contributed by atoms with van der Waals surface area (Å²) in [5.74, 6) is 0. The van der Waals surface area contributed by atoms with Gasteiger partial charge < -0.3 is 13.3 Å². The van der Waals surface area contributed by atoms with E-state index in [1.54, 1.807) is 0 Å². The minimum absolute atomic E-state index is 0.865. The van der Waals surface area contributed by atoms with Gasteiger partial charge in [-0.3, -0.25) is 0 Å². The highest BCUT2D eigenvalue weighted by molar-refractivity contribution is 7.31. The standard InChI is InChI=1S/C60H36O3SSi/c1-3-15-39(16-4-1)65(40-17-5-2-6-18-40,55-29-13-25-47-49-35-37(31-33-53(49)63-59(47)55)41-21-11-23-45-43-19-7-9-27-51(43)61-57(41)45)56-30-14-26-48-50-36-38(32-34-54(50)64-60(48)56)42-22-12-24-46-44-20-8-10-28-52(44)62-58(42)46/h1-36H. The fourth-order valence-electron chi connectivity index (χ4n) is 10.8. The van der Waals surface area contributed by atoms with E-state index < -0.39 is 8.07 Å². The molecular formula is C60H36O3SSi. The molecule has 10 aromatic carbocycles. The molecule has 0 aliphatic heterocycles. The number of hydrogen-bond donors (Lipinski definition) is 0. The minimum atomic E-state index is -3.13. The van der Waals surface area contributed by atoms with Crippen molar-refractivity contribution in [3.8, 4) is 22.3 Å². The normalized spacial score (nSPS) is 12.3. The van der Waals surface area contributed by atoms with E-state index in [4.69, 9.17) is 13.3 Å². The molecule has 0 atom stereocenters. The number of benzene rings is 10. The average Bonchev–Trinajstić information content (AvgIpc) is 4.15. The Morgan fingerprint density at radius 2 is 0.769 bits per heavy atom. The minimum Gasteiger partial charge on any atom is -0.456 e. The van der Waals surface area contributed by atoms with Gasteiger partial charge in [-0.15, -0.1) is 11.3 Å². The molecule has 5 heteroatoms. The highest BCUT2D eigenvalue weighted by Crippen LogP contribution is 2.42. The first-order valence-corrected chi connectivity index (χ1v) is 24.9. The Bertz CT molecular complexity index is 3920. The van der Waals surface area contributed by atoms with Crippen molar-refractivity contribution in [3.63, 3.8) is 0 Å². The smallest absolute Gasteiger partial charge is 0.185 e. The molecule has 0 N–H and O–H groups in total. The fraction of sp³-hybridized carbons (Fsp3) is 0. The summed E-state index contributed by atoms with van der Waals surface area (Å²) >= 11 is 1.89. The molecule has 3 nitrogen and oxygen atoms in total. The molecule has 0 radical (unpaired) electrons. The van der Waals surface area contributed by atoms with Gasteiger partial charge in [-0.1, -0.05) is 182 Å². The van der Waals surface area contributed by atoms with Gasteiger partial charge in [0.15, 0.2) is 8.07 Å². The maximum Gasteiger partial charge on any atom is 0.185 e. The first kappa shape index (κ1) is 36.5. The van der Waals surface area contributed by atoms with Crippen molar-refractivity contribution in [2.45, 2.75) is 0 Å². The molecule has 0 unspecified atom stereocenters. The summed E-state index contributed by atoms with van der Waals surface area (Å²) in [5, 5.41) is 14.4. The van der Waals surface area contributed by atoms with E-state index in [9.17, 15) is 0 Å². The van der Waals surface area contributed by atoms with Crippen molar-refractivity contribution in [2.24, 2.45) is 0 Å². The number of hydrogen-bond acceptors (Lipinski definition) is 4. The molecule has 0 saturated carbocycles. The third-order valence-corrected chi connectivity index (χ3v) is 19.9. The molecule has 0 aliphatic carbocycles. The van der Waals surface area contributed by atoms with Crippen LogP contribution in [-0.4, -0.2) is 8.07 Å². The molecule has 65 heavy (non-hydrogen) atoms. The predicted molar refractivity (Wildman–Crippen MR) is 276 cm³/mol. The molecule has 14 aromatic rings. The van der Waals surface area contributed by atoms with Crippen molar-refractivity contribution in [1.82, 2.24) is 0 Å². The van der Waals surface area contributed by atoms with Gasteiger partial charge in [0.2, 0.25) is 0 Å². The lowest BCUT2D eigenvalue weighted by Gasteiger charge is -2.34. The molecule has 304 valence electrons. The summed E-state index contributed by atoms with van der Waals surface area (Å²) in [6, 6.07) is 79.3. The van der Waals surface area contributed by atoms with Gasteiger partial charge in [0.05, 0.1) is 0 Å². The topological polar surface area (TPSA) is 39.4 Å². The van der Waals surface area contributed by atoms with Crippen LogP contribution in [0.4, 0.5) is 0 Å². The lowest BCUT2D eigenvalue weighted by molar-refractivity contribution is 0.669. The van der Waals surface area contributed by atoms with Gasteiger partial charge in [0, 0.05) is 63.6 Å². The monoisotopic (exact) mass is 864 g/mol. The van der Waals surface area contributed by atoms with Gasteiger partial charge in [0.25, 0.3) is 0 Å². The van der Waals surface area contributed by atoms with Crippen molar-refractivity contribution in [3.05, 3.63) is 218 Å². The van der Waals surface area contributed by atoms with Crippen LogP contribution in [0.25, 0.3) is 108 Å². The van der Waals surface area contributed by atoms with Crippen molar-refractivity contribution >= 4 is 126 Å². The second kappa shape index (κ2) is 14.0. The Kier molecular flexibility index (Phi) is 7.87. The van der Waals surface area contributed by atoms with Gasteiger partial charge >= 0.3 is 0 Å². The molecule has 0 spiro atoms. The number of thiophene rings is 1. The molecule has 0 fully saturated rings. The third kappa shape index (κ3) is 5.28. The number of rotatable bonds is 6. The molecule has 0 bridgehead atoms. The second-order valence-electron chi connectivity index (χ2n) is 17.0. The lowest BCUT2D eigenvalue weighted by Crippen LogP contribution is -2.74. The summed E-state index contributed by atoms with van der Waals surface area (Å²) in [6.45, 7) is 0. The maximum absolute atomic E-state index is 7.18. The van der Waals surface area contributed by atoms with Crippen LogP contribution in [0, 0.1) is 0 Å². The summed E-state index contributed by atoms with van der Waals surface area (Å²) < 4.78 is 22.8. The summed E-state index contributed by atoms with van der Waals surface area (Å²) in [6.07, 6.45) is 0. The molecule has 4 heterocycles. The van der Waals surface area contributed by atoms with Crippen LogP contribution in [0.15, 0.2) is 232 Å². The molecule has 0 saturated heterocycles. The Labute approximate surface area is 378 Å². The highest BCUT2D eigenvalue weighted by Gasteiger charge is 2.45. The van der Waals surface area contributed by atoms with Crippen molar-refractivity contribution in [1.29, 1.82) is 0 Å². The van der Waals surface area contributed by atoms with Crippen LogP contribution in [-0.2, 0) is 0 Å². The van der Waals surface area contributed by atoms with E-state index in [1.807, 2.05) is 29.5 Å². The van der Waals surface area contributed by atoms with E-state index in [0.29, 0.717) is 0 Å². The maximum atomic E-state index is 7.18. The first-order valence-electron chi connectivity index (χ1n) is 22.1. The number of fused-ring (bicyclic) bond motifs is 12. The number of furan rings is 3. The van der Waals surface area contributed by atoms with E-state index >= 15 is 0 Å². The van der Waals surface area contributed by atoms with E-state index in [1.165, 1.54) is 40.9 Å². The van der Waals surface area contributed by atoms with Crippen molar-refractivity contribution < 1.29 is 13.3 Å². The second-order valence-corrected chi connectivity index (χ2v) is 21.8. The zero-order chi connectivity index (χ0) is 42.6. The van der Waals surface area contributed by atoms with Crippen molar-refractivity contribution in [2.75, 3.05) is 0 Å². The van der Waals surface area contributed by atoms with Crippen LogP contribution in [0.2, 0.25) is 0 Å². The van der Waals surface area contributed by atoms with Gasteiger partial charge in [-0.05, 0) is 68.3 Å². The van der Waals surface area contributed by atoms with E-state index in [0.717, 1.165) is 88.1 Å². The third-order valence-electron chi connectivity index (χ3n) is 13.6. The first-order chi connectivity index (χ1) is 32.2. The zero-order valence-electron chi connectivity index (χ0n) is 34.9. The molecular weight excluding hydrogens is 829 g/mol. The Hall–Kier alpha value is -7.96. The van der Waals surface area contributed by atoms with Crippen LogP contribution in [0.5, 0.6) is 0 Å². The Morgan fingerprint density at radius 1 is 0.308 bits per heavy atom. The molecule has 4 aromatic heterocycles. The van der Waals surface area contributed by atoms with E-state index in [-0.39, 0.29) is 0 Å². The predicted octanol–water partition coefficient (Wildman–Crippen LogP) is 14.5. The Balaban J connectivity index is 1.02. The molecule has 0 amide bonds.